The van der Waals surface area contributed by atoms with E-state index in [4.69, 9.17) is 9.47 Å². The van der Waals surface area contributed by atoms with Crippen molar-refractivity contribution in [1.29, 1.82) is 0 Å². The first kappa shape index (κ1) is 19.7. The lowest BCUT2D eigenvalue weighted by Crippen LogP contribution is -1.81. The first-order valence-electron chi connectivity index (χ1n) is 9.50. The smallest absolute Gasteiger partial charge is 0.118 e. The quantitative estimate of drug-likeness (QED) is 0.266. The maximum atomic E-state index is 5.20. The van der Waals surface area contributed by atoms with Gasteiger partial charge in [0, 0.05) is 20.5 Å². The summed E-state index contributed by atoms with van der Waals surface area (Å²) in [6, 6.07) is 20.0. The van der Waals surface area contributed by atoms with E-state index in [9.17, 15) is 0 Å². The number of benzene rings is 2. The molecule has 0 unspecified atom stereocenters. The number of hydrogen-bond acceptors (Lipinski definition) is 5. The Morgan fingerprint density at radius 1 is 0.548 bits per heavy atom. The molecule has 2 nitrogen and oxygen atoms in total. The Morgan fingerprint density at radius 3 is 1.35 bits per heavy atom. The Kier molecular flexibility index (Phi) is 5.40. The molecule has 0 aliphatic carbocycles. The Balaban J connectivity index is 1.41. The molecule has 0 amide bonds. The molecule has 0 bridgehead atoms. The molecule has 3 heterocycles. The zero-order valence-electron chi connectivity index (χ0n) is 16.8. The first-order valence-corrected chi connectivity index (χ1v) is 11.9. The van der Waals surface area contributed by atoms with Crippen molar-refractivity contribution in [2.75, 3.05) is 14.2 Å². The highest BCUT2D eigenvalue weighted by molar-refractivity contribution is 7.38. The van der Waals surface area contributed by atoms with Crippen molar-refractivity contribution in [2.24, 2.45) is 0 Å². The molecule has 3 aromatic heterocycles. The van der Waals surface area contributed by atoms with Gasteiger partial charge in [-0.3, -0.25) is 0 Å². The Labute approximate surface area is 192 Å². The normalized spacial score (nSPS) is 10.4. The molecule has 5 rings (SSSR count). The molecule has 5 heteroatoms. The summed E-state index contributed by atoms with van der Waals surface area (Å²) < 4.78 is 15.6. The third-order valence-electron chi connectivity index (χ3n) is 4.66. The van der Waals surface area contributed by atoms with E-state index >= 15 is 0 Å². The van der Waals surface area contributed by atoms with Gasteiger partial charge in [-0.2, -0.15) is 0 Å². The fourth-order valence-electron chi connectivity index (χ4n) is 3.07. The van der Waals surface area contributed by atoms with Crippen molar-refractivity contribution < 1.29 is 9.47 Å². The van der Waals surface area contributed by atoms with Crippen molar-refractivity contribution in [1.82, 2.24) is 0 Å². The molecule has 31 heavy (non-hydrogen) atoms. The lowest BCUT2D eigenvalue weighted by atomic mass is 10.2. The van der Waals surface area contributed by atoms with Crippen LogP contribution >= 0.6 is 34.0 Å². The van der Waals surface area contributed by atoms with E-state index in [0.29, 0.717) is 0 Å². The number of methoxy groups -OCH3 is 2. The van der Waals surface area contributed by atoms with Crippen LogP contribution < -0.4 is 9.47 Å². The van der Waals surface area contributed by atoms with Gasteiger partial charge < -0.3 is 9.47 Å². The lowest BCUT2D eigenvalue weighted by Gasteiger charge is -1.97. The first-order chi connectivity index (χ1) is 15.2. The fourth-order valence-corrected chi connectivity index (χ4v) is 6.80. The summed E-state index contributed by atoms with van der Waals surface area (Å²) >= 11 is 5.31. The van der Waals surface area contributed by atoms with Gasteiger partial charge in [0.25, 0.3) is 0 Å². The van der Waals surface area contributed by atoms with Crippen molar-refractivity contribution >= 4 is 52.8 Å². The molecule has 0 aliphatic rings. The van der Waals surface area contributed by atoms with Crippen molar-refractivity contribution in [3.8, 4) is 35.2 Å². The van der Waals surface area contributed by atoms with Crippen LogP contribution in [0.25, 0.3) is 18.8 Å². The molecule has 150 valence electrons. The van der Waals surface area contributed by atoms with E-state index in [2.05, 4.69) is 35.8 Å². The molecule has 0 radical (unpaired) electrons. The van der Waals surface area contributed by atoms with Crippen LogP contribution in [-0.4, -0.2) is 14.2 Å². The van der Waals surface area contributed by atoms with Crippen LogP contribution in [0, 0.1) is 23.7 Å². The number of thiophene rings is 3. The van der Waals surface area contributed by atoms with Crippen molar-refractivity contribution in [2.45, 2.75) is 0 Å². The zero-order valence-corrected chi connectivity index (χ0v) is 19.3. The summed E-state index contributed by atoms with van der Waals surface area (Å²) in [6.45, 7) is 0. The van der Waals surface area contributed by atoms with Crippen LogP contribution in [0.15, 0.2) is 60.7 Å². The number of ether oxygens (including phenoxy) is 2. The SMILES string of the molecule is COc1ccc(C#Cc2cc3sc4cc(C#Cc5ccc(OC)cc5)sc4c3s2)cc1. The van der Waals surface area contributed by atoms with E-state index in [1.165, 1.54) is 18.8 Å². The van der Waals surface area contributed by atoms with Crippen LogP contribution in [0.2, 0.25) is 0 Å². The highest BCUT2D eigenvalue weighted by Crippen LogP contribution is 2.43. The third-order valence-corrected chi connectivity index (χ3v) is 8.27. The van der Waals surface area contributed by atoms with Gasteiger partial charge in [0.05, 0.1) is 33.4 Å². The summed E-state index contributed by atoms with van der Waals surface area (Å²) in [5, 5.41) is 0. The van der Waals surface area contributed by atoms with Crippen LogP contribution in [0.1, 0.15) is 20.9 Å². The molecule has 0 aliphatic heterocycles. The highest BCUT2D eigenvalue weighted by atomic mass is 32.1. The lowest BCUT2D eigenvalue weighted by molar-refractivity contribution is 0.414. The molecular formula is C26H16O2S3. The van der Waals surface area contributed by atoms with Crippen LogP contribution in [0.4, 0.5) is 0 Å². The molecule has 0 atom stereocenters. The second-order valence-electron chi connectivity index (χ2n) is 6.67. The summed E-state index contributed by atoms with van der Waals surface area (Å²) in [7, 11) is 3.33. The number of fused-ring (bicyclic) bond motifs is 3. The summed E-state index contributed by atoms with van der Waals surface area (Å²) in [6.07, 6.45) is 0. The van der Waals surface area contributed by atoms with Crippen LogP contribution in [0.3, 0.4) is 0 Å². The molecule has 0 N–H and O–H groups in total. The van der Waals surface area contributed by atoms with E-state index in [1.54, 1.807) is 36.9 Å². The van der Waals surface area contributed by atoms with Gasteiger partial charge in [0.2, 0.25) is 0 Å². The van der Waals surface area contributed by atoms with Crippen molar-refractivity contribution in [3.63, 3.8) is 0 Å². The standard InChI is InChI=1S/C26H16O2S3/c1-27-19-9-3-17(4-10-19)7-13-21-15-23-25(29-21)26-24(31-23)16-22(30-26)14-8-18-5-11-20(28-2)12-6-18/h3-6,9-12,15-16H,1-2H3. The Morgan fingerprint density at radius 2 is 0.968 bits per heavy atom. The van der Waals surface area contributed by atoms with E-state index < -0.39 is 0 Å². The average molecular weight is 457 g/mol. The maximum absolute atomic E-state index is 5.20. The Bertz CT molecular complexity index is 1380. The monoisotopic (exact) mass is 456 g/mol. The van der Waals surface area contributed by atoms with Gasteiger partial charge in [-0.15, -0.1) is 34.0 Å². The van der Waals surface area contributed by atoms with Crippen molar-refractivity contribution in [3.05, 3.63) is 81.5 Å². The Hall–Kier alpha value is -3.22. The van der Waals surface area contributed by atoms with Gasteiger partial charge in [0.15, 0.2) is 0 Å². The van der Waals surface area contributed by atoms with Gasteiger partial charge in [0.1, 0.15) is 11.5 Å². The van der Waals surface area contributed by atoms with Gasteiger partial charge in [-0.05, 0) is 60.7 Å². The topological polar surface area (TPSA) is 18.5 Å². The van der Waals surface area contributed by atoms with E-state index in [1.807, 2.05) is 59.9 Å². The van der Waals surface area contributed by atoms with Crippen LogP contribution in [0.5, 0.6) is 11.5 Å². The number of hydrogen-bond donors (Lipinski definition) is 0. The molecule has 5 aromatic rings. The summed E-state index contributed by atoms with van der Waals surface area (Å²) in [4.78, 5) is 2.16. The summed E-state index contributed by atoms with van der Waals surface area (Å²) in [5.74, 6) is 14.8. The average Bonchev–Trinajstić information content (AvgIpc) is 3.47. The zero-order chi connectivity index (χ0) is 21.2. The van der Waals surface area contributed by atoms with Gasteiger partial charge >= 0.3 is 0 Å². The minimum Gasteiger partial charge on any atom is -0.497 e. The maximum Gasteiger partial charge on any atom is 0.118 e. The van der Waals surface area contributed by atoms with E-state index in [0.717, 1.165) is 32.4 Å². The predicted octanol–water partition coefficient (Wildman–Crippen LogP) is 6.99. The molecule has 0 saturated carbocycles. The largest absolute Gasteiger partial charge is 0.497 e. The summed E-state index contributed by atoms with van der Waals surface area (Å²) in [5.41, 5.74) is 1.96. The fraction of sp³-hybridized carbons (Fsp3) is 0.0769. The highest BCUT2D eigenvalue weighted by Gasteiger charge is 2.12. The minimum absolute atomic E-state index is 0.841. The molecule has 0 spiro atoms. The molecule has 0 fully saturated rings. The minimum atomic E-state index is 0.841. The molecule has 0 saturated heterocycles. The molecule has 2 aromatic carbocycles. The second kappa shape index (κ2) is 8.49. The third kappa shape index (κ3) is 4.17. The van der Waals surface area contributed by atoms with Gasteiger partial charge in [-0.25, -0.2) is 0 Å². The molecular weight excluding hydrogens is 440 g/mol. The second-order valence-corrected chi connectivity index (χ2v) is 9.86. The number of rotatable bonds is 2. The van der Waals surface area contributed by atoms with E-state index in [-0.39, 0.29) is 0 Å². The van der Waals surface area contributed by atoms with Crippen LogP contribution in [-0.2, 0) is 0 Å². The van der Waals surface area contributed by atoms with Gasteiger partial charge in [-0.1, -0.05) is 23.7 Å². The predicted molar refractivity (Wildman–Crippen MR) is 133 cm³/mol.